The molecule has 0 saturated carbocycles. The number of fused-ring (bicyclic) bond motifs is 1. The fraction of sp³-hybridized carbons (Fsp3) is 0.100. The molecule has 0 aliphatic rings. The number of nitrogens with one attached hydrogen (secondary N) is 1. The summed E-state index contributed by atoms with van der Waals surface area (Å²) >= 11 is 0.991. The lowest BCUT2D eigenvalue weighted by Gasteiger charge is -2.14. The average molecular weight is 464 g/mol. The van der Waals surface area contributed by atoms with Crippen molar-refractivity contribution in [1.82, 2.24) is 14.8 Å². The number of ether oxygens (including phenoxy) is 1. The van der Waals surface area contributed by atoms with Gasteiger partial charge in [0, 0.05) is 10.1 Å². The summed E-state index contributed by atoms with van der Waals surface area (Å²) in [6, 6.07) is 8.40. The van der Waals surface area contributed by atoms with Gasteiger partial charge in [-0.2, -0.15) is 18.3 Å². The van der Waals surface area contributed by atoms with Crippen LogP contribution in [0.15, 0.2) is 55.1 Å². The quantitative estimate of drug-likeness (QED) is 0.349. The molecule has 1 N–H and O–H groups in total. The van der Waals surface area contributed by atoms with Crippen molar-refractivity contribution in [2.75, 3.05) is 11.9 Å². The number of carbonyl (C=O) groups excluding carboxylic acids is 2. The van der Waals surface area contributed by atoms with Gasteiger partial charge in [-0.15, -0.1) is 11.3 Å². The second-order valence-corrected chi connectivity index (χ2v) is 7.54. The van der Waals surface area contributed by atoms with Crippen LogP contribution in [0.5, 0.6) is 0 Å². The molecular formula is C20H12F4N4O3S. The highest BCUT2D eigenvalue weighted by Crippen LogP contribution is 2.33. The number of anilines is 1. The molecule has 4 rings (SSSR count). The fourth-order valence-electron chi connectivity index (χ4n) is 2.86. The second-order valence-electron chi connectivity index (χ2n) is 6.46. The molecule has 0 unspecified atom stereocenters. The molecule has 164 valence electrons. The summed E-state index contributed by atoms with van der Waals surface area (Å²) in [6.07, 6.45) is -2.21. The zero-order valence-corrected chi connectivity index (χ0v) is 16.7. The summed E-state index contributed by atoms with van der Waals surface area (Å²) in [5.41, 5.74) is -1.05. The van der Waals surface area contributed by atoms with Gasteiger partial charge in [-0.1, -0.05) is 6.07 Å². The highest BCUT2D eigenvalue weighted by molar-refractivity contribution is 7.20. The lowest BCUT2D eigenvalue weighted by molar-refractivity contribution is -0.137. The second kappa shape index (κ2) is 8.38. The van der Waals surface area contributed by atoms with Crippen molar-refractivity contribution >= 4 is 39.0 Å². The minimum absolute atomic E-state index is 0.0836. The largest absolute Gasteiger partial charge is 0.451 e. The minimum atomic E-state index is -4.64. The first-order chi connectivity index (χ1) is 15.2. The van der Waals surface area contributed by atoms with Gasteiger partial charge in [-0.25, -0.2) is 18.9 Å². The van der Waals surface area contributed by atoms with Crippen LogP contribution in [0.1, 0.15) is 15.2 Å². The standard InChI is InChI=1S/C20H12F4N4O3S/c21-13-2-1-3-16-12(13)7-17(32-16)19(30)31-8-18(29)27-14-6-11(20(22,23)24)4-5-15(14)28-10-25-9-26-28/h1-7,9-10H,8H2,(H,27,29). The normalized spacial score (nSPS) is 11.5. The molecule has 12 heteroatoms. The Kier molecular flexibility index (Phi) is 5.61. The molecule has 0 fully saturated rings. The molecule has 0 saturated heterocycles. The van der Waals surface area contributed by atoms with E-state index in [0.717, 1.165) is 29.5 Å². The van der Waals surface area contributed by atoms with E-state index in [0.29, 0.717) is 4.70 Å². The van der Waals surface area contributed by atoms with E-state index >= 15 is 0 Å². The van der Waals surface area contributed by atoms with Crippen molar-refractivity contribution in [3.05, 3.63) is 71.4 Å². The molecule has 0 spiro atoms. The number of nitrogens with zero attached hydrogens (tertiary/aromatic N) is 3. The number of aromatic nitrogens is 3. The van der Waals surface area contributed by atoms with Gasteiger partial charge >= 0.3 is 12.1 Å². The molecule has 0 bridgehead atoms. The van der Waals surface area contributed by atoms with Crippen molar-refractivity contribution < 1.29 is 31.9 Å². The van der Waals surface area contributed by atoms with Crippen LogP contribution < -0.4 is 5.32 Å². The van der Waals surface area contributed by atoms with Gasteiger partial charge in [-0.3, -0.25) is 4.79 Å². The van der Waals surface area contributed by atoms with Gasteiger partial charge in [-0.05, 0) is 36.4 Å². The predicted octanol–water partition coefficient (Wildman–Crippen LogP) is 4.44. The zero-order valence-electron chi connectivity index (χ0n) is 15.9. The van der Waals surface area contributed by atoms with Crippen LogP contribution in [0.2, 0.25) is 0 Å². The van der Waals surface area contributed by atoms with Crippen molar-refractivity contribution in [1.29, 1.82) is 0 Å². The lowest BCUT2D eigenvalue weighted by Crippen LogP contribution is -2.22. The third kappa shape index (κ3) is 4.44. The fourth-order valence-corrected chi connectivity index (χ4v) is 3.83. The first kappa shape index (κ1) is 21.4. The van der Waals surface area contributed by atoms with Gasteiger partial charge < -0.3 is 10.1 Å². The lowest BCUT2D eigenvalue weighted by atomic mass is 10.1. The summed E-state index contributed by atoms with van der Waals surface area (Å²) in [6.45, 7) is -0.761. The number of rotatable bonds is 5. The van der Waals surface area contributed by atoms with E-state index < -0.39 is 36.0 Å². The maximum absolute atomic E-state index is 13.8. The average Bonchev–Trinajstić information content (AvgIpc) is 3.42. The first-order valence-electron chi connectivity index (χ1n) is 8.93. The Morgan fingerprint density at radius 3 is 2.66 bits per heavy atom. The van der Waals surface area contributed by atoms with Crippen molar-refractivity contribution in [2.24, 2.45) is 0 Å². The van der Waals surface area contributed by atoms with E-state index in [2.05, 4.69) is 15.4 Å². The summed E-state index contributed by atoms with van der Waals surface area (Å²) in [5.74, 6) is -2.23. The molecule has 0 aliphatic carbocycles. The van der Waals surface area contributed by atoms with E-state index in [-0.39, 0.29) is 21.6 Å². The summed E-state index contributed by atoms with van der Waals surface area (Å²) < 4.78 is 59.7. The molecule has 7 nitrogen and oxygen atoms in total. The van der Waals surface area contributed by atoms with E-state index in [4.69, 9.17) is 4.74 Å². The summed E-state index contributed by atoms with van der Waals surface area (Å²) in [4.78, 5) is 28.3. The van der Waals surface area contributed by atoms with Crippen molar-refractivity contribution in [2.45, 2.75) is 6.18 Å². The van der Waals surface area contributed by atoms with E-state index in [9.17, 15) is 27.2 Å². The summed E-state index contributed by atoms with van der Waals surface area (Å²) in [7, 11) is 0. The molecular weight excluding hydrogens is 452 g/mol. The third-order valence-electron chi connectivity index (χ3n) is 4.31. The minimum Gasteiger partial charge on any atom is -0.451 e. The van der Waals surface area contributed by atoms with E-state index in [1.54, 1.807) is 6.07 Å². The Bertz CT molecular complexity index is 1300. The molecule has 4 aromatic rings. The Morgan fingerprint density at radius 2 is 1.97 bits per heavy atom. The molecule has 2 aromatic heterocycles. The first-order valence-corrected chi connectivity index (χ1v) is 9.75. The highest BCUT2D eigenvalue weighted by Gasteiger charge is 2.31. The van der Waals surface area contributed by atoms with Gasteiger partial charge in [0.05, 0.1) is 16.9 Å². The maximum atomic E-state index is 13.8. The number of alkyl halides is 3. The molecule has 2 aromatic carbocycles. The van der Waals surface area contributed by atoms with E-state index in [1.807, 2.05) is 0 Å². The number of amides is 1. The number of hydrogen-bond acceptors (Lipinski definition) is 6. The molecule has 0 atom stereocenters. The maximum Gasteiger partial charge on any atom is 0.416 e. The Morgan fingerprint density at radius 1 is 1.16 bits per heavy atom. The predicted molar refractivity (Wildman–Crippen MR) is 107 cm³/mol. The van der Waals surface area contributed by atoms with Gasteiger partial charge in [0.15, 0.2) is 6.61 Å². The van der Waals surface area contributed by atoms with Crippen molar-refractivity contribution in [3.63, 3.8) is 0 Å². The number of hydrogen-bond donors (Lipinski definition) is 1. The van der Waals surface area contributed by atoms with Crippen LogP contribution in [0.4, 0.5) is 23.2 Å². The Labute approximate surface area is 181 Å². The van der Waals surface area contributed by atoms with E-state index in [1.165, 1.54) is 35.5 Å². The molecule has 32 heavy (non-hydrogen) atoms. The number of benzene rings is 2. The Hall–Kier alpha value is -3.80. The van der Waals surface area contributed by atoms with Crippen LogP contribution in [-0.2, 0) is 15.7 Å². The molecule has 2 heterocycles. The topological polar surface area (TPSA) is 86.1 Å². The third-order valence-corrected chi connectivity index (χ3v) is 5.39. The van der Waals surface area contributed by atoms with Crippen LogP contribution in [0.3, 0.4) is 0 Å². The smallest absolute Gasteiger partial charge is 0.416 e. The van der Waals surface area contributed by atoms with Crippen LogP contribution >= 0.6 is 11.3 Å². The van der Waals surface area contributed by atoms with Crippen LogP contribution in [-0.4, -0.2) is 33.2 Å². The molecule has 0 radical (unpaired) electrons. The number of esters is 1. The summed E-state index contributed by atoms with van der Waals surface area (Å²) in [5, 5.41) is 6.38. The van der Waals surface area contributed by atoms with Gasteiger partial charge in [0.25, 0.3) is 5.91 Å². The number of halogens is 4. The molecule has 1 amide bonds. The van der Waals surface area contributed by atoms with Gasteiger partial charge in [0.2, 0.25) is 0 Å². The van der Waals surface area contributed by atoms with Crippen LogP contribution in [0, 0.1) is 5.82 Å². The van der Waals surface area contributed by atoms with Crippen LogP contribution in [0.25, 0.3) is 15.8 Å². The monoisotopic (exact) mass is 464 g/mol. The van der Waals surface area contributed by atoms with Crippen molar-refractivity contribution in [3.8, 4) is 5.69 Å². The zero-order chi connectivity index (χ0) is 22.9. The highest BCUT2D eigenvalue weighted by atomic mass is 32.1. The number of carbonyl (C=O) groups is 2. The Balaban J connectivity index is 1.49. The SMILES string of the molecule is O=C(COC(=O)c1cc2c(F)cccc2s1)Nc1cc(C(F)(F)F)ccc1-n1cncn1. The van der Waals surface area contributed by atoms with Gasteiger partial charge in [0.1, 0.15) is 23.3 Å². The molecule has 0 aliphatic heterocycles. The number of thiophene rings is 1.